The van der Waals surface area contributed by atoms with Gasteiger partial charge in [-0.05, 0) is 30.8 Å². The van der Waals surface area contributed by atoms with Crippen LogP contribution in [0.4, 0.5) is 5.69 Å². The van der Waals surface area contributed by atoms with E-state index in [-0.39, 0.29) is 22.7 Å². The van der Waals surface area contributed by atoms with E-state index in [0.29, 0.717) is 12.1 Å². The maximum Gasteiger partial charge on any atom is 0.339 e. The molecular formula is C25H25N3O5. The number of carbonyl (C=O) groups excluding carboxylic acids is 3. The number of para-hydroxylation sites is 1. The SMILES string of the molecule is CCN1CCc2nc3ccccc3c(C(=O)Nc3cc(C(=O)OC)ccc3C(=O)OC)c2C1. The molecule has 8 heteroatoms. The van der Waals surface area contributed by atoms with Crippen LogP contribution in [0.3, 0.4) is 0 Å². The third kappa shape index (κ3) is 4.29. The van der Waals surface area contributed by atoms with Gasteiger partial charge in [-0.2, -0.15) is 0 Å². The highest BCUT2D eigenvalue weighted by molar-refractivity contribution is 6.15. The molecule has 0 saturated carbocycles. The number of anilines is 1. The fraction of sp³-hybridized carbons (Fsp3) is 0.280. The van der Waals surface area contributed by atoms with E-state index in [4.69, 9.17) is 14.5 Å². The molecule has 0 radical (unpaired) electrons. The van der Waals surface area contributed by atoms with Gasteiger partial charge in [-0.3, -0.25) is 14.7 Å². The van der Waals surface area contributed by atoms with E-state index in [9.17, 15) is 14.4 Å². The Morgan fingerprint density at radius 1 is 1.06 bits per heavy atom. The standard InChI is InChI=1S/C25H25N3O5/c1-4-28-12-11-20-18(14-28)22(16-7-5-6-8-19(16)26-20)23(29)27-21-13-15(24(30)32-2)9-10-17(21)25(31)33-3/h5-10,13H,4,11-12,14H2,1-3H3,(H,27,29). The van der Waals surface area contributed by atoms with E-state index in [2.05, 4.69) is 17.1 Å². The van der Waals surface area contributed by atoms with Crippen molar-refractivity contribution in [2.45, 2.75) is 19.9 Å². The number of hydrogen-bond donors (Lipinski definition) is 1. The van der Waals surface area contributed by atoms with E-state index >= 15 is 0 Å². The topological polar surface area (TPSA) is 97.8 Å². The van der Waals surface area contributed by atoms with Gasteiger partial charge in [-0.25, -0.2) is 9.59 Å². The lowest BCUT2D eigenvalue weighted by Crippen LogP contribution is -2.33. The van der Waals surface area contributed by atoms with E-state index in [0.717, 1.165) is 41.7 Å². The lowest BCUT2D eigenvalue weighted by Gasteiger charge is -2.29. The highest BCUT2D eigenvalue weighted by Gasteiger charge is 2.26. The van der Waals surface area contributed by atoms with Crippen molar-refractivity contribution in [3.63, 3.8) is 0 Å². The first-order valence-corrected chi connectivity index (χ1v) is 10.7. The molecule has 1 aliphatic heterocycles. The molecule has 33 heavy (non-hydrogen) atoms. The summed E-state index contributed by atoms with van der Waals surface area (Å²) in [6.07, 6.45) is 0.750. The van der Waals surface area contributed by atoms with Crippen LogP contribution in [0.1, 0.15) is 49.3 Å². The zero-order valence-electron chi connectivity index (χ0n) is 18.8. The molecule has 8 nitrogen and oxygen atoms in total. The van der Waals surface area contributed by atoms with Crippen molar-refractivity contribution in [3.8, 4) is 0 Å². The first-order chi connectivity index (χ1) is 16.0. The zero-order valence-corrected chi connectivity index (χ0v) is 18.8. The van der Waals surface area contributed by atoms with Crippen LogP contribution in [0.2, 0.25) is 0 Å². The summed E-state index contributed by atoms with van der Waals surface area (Å²) in [5.74, 6) is -1.58. The van der Waals surface area contributed by atoms with Gasteiger partial charge in [0.1, 0.15) is 0 Å². The smallest absolute Gasteiger partial charge is 0.339 e. The van der Waals surface area contributed by atoms with Crippen LogP contribution in [0.25, 0.3) is 10.9 Å². The molecule has 1 aromatic heterocycles. The molecule has 0 saturated heterocycles. The Labute approximate surface area is 191 Å². The number of benzene rings is 2. The maximum absolute atomic E-state index is 13.7. The van der Waals surface area contributed by atoms with Crippen molar-refractivity contribution in [1.82, 2.24) is 9.88 Å². The number of methoxy groups -OCH3 is 2. The highest BCUT2D eigenvalue weighted by Crippen LogP contribution is 2.30. The molecule has 2 aromatic carbocycles. The Morgan fingerprint density at radius 2 is 1.82 bits per heavy atom. The van der Waals surface area contributed by atoms with Crippen LogP contribution in [-0.4, -0.2) is 55.0 Å². The predicted molar refractivity (Wildman–Crippen MR) is 123 cm³/mol. The first kappa shape index (κ1) is 22.4. The number of nitrogens with zero attached hydrogens (tertiary/aromatic N) is 2. The lowest BCUT2D eigenvalue weighted by molar-refractivity contribution is 0.0587. The molecule has 1 N–H and O–H groups in total. The third-order valence-electron chi connectivity index (χ3n) is 5.89. The van der Waals surface area contributed by atoms with Crippen molar-refractivity contribution in [1.29, 1.82) is 0 Å². The van der Waals surface area contributed by atoms with Gasteiger partial charge in [0.25, 0.3) is 5.91 Å². The maximum atomic E-state index is 13.7. The Kier molecular flexibility index (Phi) is 6.37. The lowest BCUT2D eigenvalue weighted by atomic mass is 9.95. The molecule has 0 unspecified atom stereocenters. The molecular weight excluding hydrogens is 422 g/mol. The van der Waals surface area contributed by atoms with Crippen LogP contribution in [0, 0.1) is 0 Å². The van der Waals surface area contributed by atoms with E-state index in [1.54, 1.807) is 0 Å². The molecule has 0 atom stereocenters. The monoisotopic (exact) mass is 447 g/mol. The van der Waals surface area contributed by atoms with Crippen LogP contribution >= 0.6 is 0 Å². The number of nitrogens with one attached hydrogen (secondary N) is 1. The van der Waals surface area contributed by atoms with Gasteiger partial charge in [0.2, 0.25) is 0 Å². The van der Waals surface area contributed by atoms with Gasteiger partial charge >= 0.3 is 11.9 Å². The minimum absolute atomic E-state index is 0.140. The quantitative estimate of drug-likeness (QED) is 0.599. The summed E-state index contributed by atoms with van der Waals surface area (Å²) in [6.45, 7) is 4.43. The molecule has 4 rings (SSSR count). The summed E-state index contributed by atoms with van der Waals surface area (Å²) in [6, 6.07) is 11.8. The summed E-state index contributed by atoms with van der Waals surface area (Å²) in [4.78, 5) is 45.1. The molecule has 1 aliphatic rings. The molecule has 170 valence electrons. The van der Waals surface area contributed by atoms with Crippen molar-refractivity contribution in [2.75, 3.05) is 32.6 Å². The van der Waals surface area contributed by atoms with Gasteiger partial charge in [0, 0.05) is 36.2 Å². The predicted octanol–water partition coefficient (Wildman–Crippen LogP) is 3.44. The molecule has 0 fully saturated rings. The van der Waals surface area contributed by atoms with Crippen molar-refractivity contribution in [2.24, 2.45) is 0 Å². The Bertz CT molecular complexity index is 1250. The number of hydrogen-bond acceptors (Lipinski definition) is 7. The minimum Gasteiger partial charge on any atom is -0.465 e. The number of aromatic nitrogens is 1. The number of amides is 1. The number of ether oxygens (including phenoxy) is 2. The van der Waals surface area contributed by atoms with Crippen molar-refractivity contribution in [3.05, 3.63) is 70.4 Å². The number of esters is 2. The summed E-state index contributed by atoms with van der Waals surface area (Å²) in [5, 5.41) is 3.57. The fourth-order valence-corrected chi connectivity index (χ4v) is 4.14. The highest BCUT2D eigenvalue weighted by atomic mass is 16.5. The average Bonchev–Trinajstić information content (AvgIpc) is 2.85. The van der Waals surface area contributed by atoms with Gasteiger partial charge in [0.05, 0.1) is 42.1 Å². The molecule has 1 amide bonds. The second-order valence-corrected chi connectivity index (χ2v) is 7.75. The number of likely N-dealkylation sites (N-methyl/N-ethyl adjacent to an activating group) is 1. The molecule has 0 bridgehead atoms. The Hall–Kier alpha value is -3.78. The van der Waals surface area contributed by atoms with Crippen LogP contribution < -0.4 is 5.32 Å². The zero-order chi connectivity index (χ0) is 23.5. The third-order valence-corrected chi connectivity index (χ3v) is 5.89. The van der Waals surface area contributed by atoms with Crippen LogP contribution in [-0.2, 0) is 22.4 Å². The van der Waals surface area contributed by atoms with E-state index in [1.165, 1.54) is 32.4 Å². The summed E-state index contributed by atoms with van der Waals surface area (Å²) >= 11 is 0. The number of carbonyl (C=O) groups is 3. The largest absolute Gasteiger partial charge is 0.465 e. The molecule has 0 aliphatic carbocycles. The van der Waals surface area contributed by atoms with Gasteiger partial charge in [-0.15, -0.1) is 0 Å². The average molecular weight is 447 g/mol. The van der Waals surface area contributed by atoms with Crippen molar-refractivity contribution >= 4 is 34.4 Å². The number of fused-ring (bicyclic) bond motifs is 2. The second kappa shape index (κ2) is 9.38. The minimum atomic E-state index is -0.625. The summed E-state index contributed by atoms with van der Waals surface area (Å²) in [7, 11) is 2.53. The second-order valence-electron chi connectivity index (χ2n) is 7.75. The molecule has 0 spiro atoms. The van der Waals surface area contributed by atoms with Crippen molar-refractivity contribution < 1.29 is 23.9 Å². The molecule has 2 heterocycles. The first-order valence-electron chi connectivity index (χ1n) is 10.7. The van der Waals surface area contributed by atoms with Crippen LogP contribution in [0.5, 0.6) is 0 Å². The Morgan fingerprint density at radius 3 is 2.55 bits per heavy atom. The van der Waals surface area contributed by atoms with Gasteiger partial charge in [-0.1, -0.05) is 25.1 Å². The summed E-state index contributed by atoms with van der Waals surface area (Å²) in [5.41, 5.74) is 3.56. The van der Waals surface area contributed by atoms with Gasteiger partial charge < -0.3 is 14.8 Å². The summed E-state index contributed by atoms with van der Waals surface area (Å²) < 4.78 is 9.64. The van der Waals surface area contributed by atoms with E-state index < -0.39 is 11.9 Å². The van der Waals surface area contributed by atoms with Crippen LogP contribution in [0.15, 0.2) is 42.5 Å². The van der Waals surface area contributed by atoms with E-state index in [1.807, 2.05) is 24.3 Å². The number of pyridine rings is 1. The molecule has 3 aromatic rings. The normalized spacial score (nSPS) is 13.3. The number of rotatable bonds is 5. The Balaban J connectivity index is 1.83. The van der Waals surface area contributed by atoms with Gasteiger partial charge in [0.15, 0.2) is 0 Å². The fourth-order valence-electron chi connectivity index (χ4n) is 4.14.